The summed E-state index contributed by atoms with van der Waals surface area (Å²) in [6.45, 7) is 3.55. The average Bonchev–Trinajstić information content (AvgIpc) is 2.32. The van der Waals surface area contributed by atoms with Crippen LogP contribution in [0.5, 0.6) is 5.75 Å². The summed E-state index contributed by atoms with van der Waals surface area (Å²) in [6.07, 6.45) is 0.365. The molecule has 0 saturated heterocycles. The highest BCUT2D eigenvalue weighted by Gasteiger charge is 2.22. The molecule has 0 aromatic heterocycles. The van der Waals surface area contributed by atoms with Gasteiger partial charge in [-0.3, -0.25) is 0 Å². The van der Waals surface area contributed by atoms with Crippen molar-refractivity contribution in [2.45, 2.75) is 25.2 Å². The number of hydrogen-bond donors (Lipinski definition) is 2. The lowest BCUT2D eigenvalue weighted by atomic mass is 9.92. The van der Waals surface area contributed by atoms with E-state index in [9.17, 15) is 13.5 Å². The van der Waals surface area contributed by atoms with E-state index in [4.69, 9.17) is 16.9 Å². The molecule has 1 aromatic rings. The molecule has 0 heterocycles. The number of hydrogen-bond acceptors (Lipinski definition) is 4. The third-order valence-electron chi connectivity index (χ3n) is 2.58. The minimum Gasteiger partial charge on any atom is -0.505 e. The molecule has 0 atom stereocenters. The number of nitrogens with zero attached hydrogens (tertiary/aromatic N) is 1. The first-order valence-electron chi connectivity index (χ1n) is 5.58. The van der Waals surface area contributed by atoms with E-state index in [1.54, 1.807) is 13.8 Å². The second-order valence-corrected chi connectivity index (χ2v) is 6.87. The van der Waals surface area contributed by atoms with Gasteiger partial charge in [0.2, 0.25) is 10.0 Å². The molecule has 5 nitrogen and oxygen atoms in total. The summed E-state index contributed by atoms with van der Waals surface area (Å²) in [5, 5.41) is 18.4. The third kappa shape index (κ3) is 4.10. The predicted octanol–water partition coefficient (Wildman–Crippen LogP) is 2.26. The molecule has 2 N–H and O–H groups in total. The van der Waals surface area contributed by atoms with Crippen molar-refractivity contribution in [3.63, 3.8) is 0 Å². The SMILES string of the molecule is CC(C)(C#N)CCNS(=O)(=O)c1cccc(Cl)c1O. The van der Waals surface area contributed by atoms with Crippen molar-refractivity contribution in [2.24, 2.45) is 5.41 Å². The maximum absolute atomic E-state index is 12.0. The second kappa shape index (κ2) is 5.78. The number of para-hydroxylation sites is 1. The van der Waals surface area contributed by atoms with Crippen molar-refractivity contribution in [3.05, 3.63) is 23.2 Å². The fourth-order valence-electron chi connectivity index (χ4n) is 1.34. The zero-order chi connectivity index (χ0) is 14.7. The molecule has 0 aliphatic heterocycles. The van der Waals surface area contributed by atoms with E-state index in [0.29, 0.717) is 6.42 Å². The summed E-state index contributed by atoms with van der Waals surface area (Å²) >= 11 is 5.66. The van der Waals surface area contributed by atoms with Crippen molar-refractivity contribution >= 4 is 21.6 Å². The Morgan fingerprint density at radius 2 is 2.11 bits per heavy atom. The molecule has 1 aromatic carbocycles. The van der Waals surface area contributed by atoms with E-state index >= 15 is 0 Å². The van der Waals surface area contributed by atoms with E-state index in [-0.39, 0.29) is 16.5 Å². The topological polar surface area (TPSA) is 90.2 Å². The molecule has 1 rings (SSSR count). The van der Waals surface area contributed by atoms with Gasteiger partial charge in [0, 0.05) is 6.54 Å². The van der Waals surface area contributed by atoms with Crippen LogP contribution in [0, 0.1) is 16.7 Å². The smallest absolute Gasteiger partial charge is 0.244 e. The van der Waals surface area contributed by atoms with Crippen molar-refractivity contribution in [1.82, 2.24) is 4.72 Å². The maximum Gasteiger partial charge on any atom is 0.244 e. The average molecular weight is 303 g/mol. The summed E-state index contributed by atoms with van der Waals surface area (Å²) in [4.78, 5) is -0.269. The van der Waals surface area contributed by atoms with Gasteiger partial charge in [-0.25, -0.2) is 13.1 Å². The fraction of sp³-hybridized carbons (Fsp3) is 0.417. The Labute approximate surface area is 117 Å². The maximum atomic E-state index is 12.0. The summed E-state index contributed by atoms with van der Waals surface area (Å²) in [7, 11) is -3.84. The molecule has 0 amide bonds. The highest BCUT2D eigenvalue weighted by Crippen LogP contribution is 2.30. The van der Waals surface area contributed by atoms with Crippen LogP contribution < -0.4 is 4.72 Å². The summed E-state index contributed by atoms with van der Waals surface area (Å²) < 4.78 is 26.3. The van der Waals surface area contributed by atoms with Gasteiger partial charge in [-0.05, 0) is 32.4 Å². The Kier molecular flexibility index (Phi) is 4.80. The molecule has 104 valence electrons. The molecule has 0 bridgehead atoms. The number of nitriles is 1. The Morgan fingerprint density at radius 3 is 2.68 bits per heavy atom. The number of aromatic hydroxyl groups is 1. The van der Waals surface area contributed by atoms with Crippen LogP contribution in [0.3, 0.4) is 0 Å². The van der Waals surface area contributed by atoms with E-state index in [2.05, 4.69) is 10.8 Å². The van der Waals surface area contributed by atoms with Crippen molar-refractivity contribution < 1.29 is 13.5 Å². The van der Waals surface area contributed by atoms with Crippen LogP contribution in [-0.2, 0) is 10.0 Å². The van der Waals surface area contributed by atoms with Crippen LogP contribution in [0.1, 0.15) is 20.3 Å². The van der Waals surface area contributed by atoms with Crippen LogP contribution in [0.2, 0.25) is 5.02 Å². The van der Waals surface area contributed by atoms with Crippen LogP contribution >= 0.6 is 11.6 Å². The van der Waals surface area contributed by atoms with Crippen LogP contribution in [-0.4, -0.2) is 20.1 Å². The number of halogens is 1. The first-order chi connectivity index (χ1) is 8.69. The second-order valence-electron chi connectivity index (χ2n) is 4.73. The summed E-state index contributed by atoms with van der Waals surface area (Å²) in [5.74, 6) is -0.476. The molecule has 0 saturated carbocycles. The van der Waals surface area contributed by atoms with Crippen LogP contribution in [0.4, 0.5) is 0 Å². The highest BCUT2D eigenvalue weighted by molar-refractivity contribution is 7.89. The predicted molar refractivity (Wildman–Crippen MR) is 72.3 cm³/mol. The van der Waals surface area contributed by atoms with Gasteiger partial charge < -0.3 is 5.11 Å². The van der Waals surface area contributed by atoms with E-state index in [0.717, 1.165) is 0 Å². The Bertz CT molecular complexity index is 606. The lowest BCUT2D eigenvalue weighted by molar-refractivity contribution is 0.445. The van der Waals surface area contributed by atoms with Gasteiger partial charge in [-0.1, -0.05) is 17.7 Å². The fourth-order valence-corrected chi connectivity index (χ4v) is 2.72. The van der Waals surface area contributed by atoms with Crippen molar-refractivity contribution in [2.75, 3.05) is 6.54 Å². The van der Waals surface area contributed by atoms with Gasteiger partial charge in [0.15, 0.2) is 5.75 Å². The number of sulfonamides is 1. The molecule has 0 radical (unpaired) electrons. The molecular weight excluding hydrogens is 288 g/mol. The monoisotopic (exact) mass is 302 g/mol. The Balaban J connectivity index is 2.84. The minimum absolute atomic E-state index is 0.0276. The minimum atomic E-state index is -3.84. The van der Waals surface area contributed by atoms with E-state index < -0.39 is 21.2 Å². The highest BCUT2D eigenvalue weighted by atomic mass is 35.5. The van der Waals surface area contributed by atoms with Crippen molar-refractivity contribution in [3.8, 4) is 11.8 Å². The number of phenols is 1. The summed E-state index contributed by atoms with van der Waals surface area (Å²) in [5.41, 5.74) is -0.612. The normalized spacial score (nSPS) is 12.1. The van der Waals surface area contributed by atoms with E-state index in [1.165, 1.54) is 18.2 Å². The number of benzene rings is 1. The number of rotatable bonds is 5. The van der Waals surface area contributed by atoms with Crippen LogP contribution in [0.15, 0.2) is 23.1 Å². The van der Waals surface area contributed by atoms with E-state index in [1.807, 2.05) is 0 Å². The first kappa shape index (κ1) is 15.8. The zero-order valence-electron chi connectivity index (χ0n) is 10.6. The van der Waals surface area contributed by atoms with Gasteiger partial charge in [-0.15, -0.1) is 0 Å². The Morgan fingerprint density at radius 1 is 1.47 bits per heavy atom. The zero-order valence-corrected chi connectivity index (χ0v) is 12.2. The first-order valence-corrected chi connectivity index (χ1v) is 7.44. The lowest BCUT2D eigenvalue weighted by Gasteiger charge is -2.15. The summed E-state index contributed by atoms with van der Waals surface area (Å²) in [6, 6.07) is 6.18. The van der Waals surface area contributed by atoms with Gasteiger partial charge >= 0.3 is 0 Å². The quantitative estimate of drug-likeness (QED) is 0.873. The van der Waals surface area contributed by atoms with Gasteiger partial charge in [0.05, 0.1) is 16.5 Å². The molecule has 0 aliphatic carbocycles. The van der Waals surface area contributed by atoms with Crippen LogP contribution in [0.25, 0.3) is 0 Å². The van der Waals surface area contributed by atoms with Gasteiger partial charge in [-0.2, -0.15) is 5.26 Å². The lowest BCUT2D eigenvalue weighted by Crippen LogP contribution is -2.28. The molecule has 0 fully saturated rings. The van der Waals surface area contributed by atoms with Crippen molar-refractivity contribution in [1.29, 1.82) is 5.26 Å². The molecule has 7 heteroatoms. The largest absolute Gasteiger partial charge is 0.505 e. The third-order valence-corrected chi connectivity index (χ3v) is 4.38. The molecule has 19 heavy (non-hydrogen) atoms. The number of nitrogens with one attached hydrogen (secondary N) is 1. The standard InChI is InChI=1S/C12H15ClN2O3S/c1-12(2,8-14)6-7-15-19(17,18)10-5-3-4-9(13)11(10)16/h3-5,15-16H,6-7H2,1-2H3. The Hall–Kier alpha value is -1.29. The number of phenolic OH excluding ortho intramolecular Hbond substituents is 1. The molecular formula is C12H15ClN2O3S. The van der Waals surface area contributed by atoms with Gasteiger partial charge in [0.25, 0.3) is 0 Å². The van der Waals surface area contributed by atoms with Gasteiger partial charge in [0.1, 0.15) is 4.90 Å². The molecule has 0 spiro atoms. The molecule has 0 unspecified atom stereocenters. The molecule has 0 aliphatic rings.